The second-order valence-electron chi connectivity index (χ2n) is 3.55. The van der Waals surface area contributed by atoms with Gasteiger partial charge >= 0.3 is 0 Å². The molecular weight excluding hydrogens is 149 g/mol. The second-order valence-corrected chi connectivity index (χ2v) is 3.55. The minimum Gasteiger partial charge on any atom is -0.390 e. The SMILES string of the molecule is O[C@@H]1CNCC2(CC2F)[C@H]1O. The van der Waals surface area contributed by atoms with E-state index in [-0.39, 0.29) is 0 Å². The summed E-state index contributed by atoms with van der Waals surface area (Å²) in [5.74, 6) is 0. The molecule has 0 radical (unpaired) electrons. The molecule has 4 atom stereocenters. The lowest BCUT2D eigenvalue weighted by Crippen LogP contribution is -2.52. The first-order chi connectivity index (χ1) is 5.17. The fourth-order valence-corrected chi connectivity index (χ4v) is 1.82. The first kappa shape index (κ1) is 7.46. The minimum atomic E-state index is -0.931. The van der Waals surface area contributed by atoms with Crippen LogP contribution in [0.25, 0.3) is 0 Å². The van der Waals surface area contributed by atoms with Crippen LogP contribution in [0.1, 0.15) is 6.42 Å². The van der Waals surface area contributed by atoms with Gasteiger partial charge in [-0.25, -0.2) is 4.39 Å². The highest BCUT2D eigenvalue weighted by atomic mass is 19.1. The molecular formula is C7H12FNO2. The van der Waals surface area contributed by atoms with Crippen LogP contribution in [0.3, 0.4) is 0 Å². The van der Waals surface area contributed by atoms with Crippen LogP contribution in [0.15, 0.2) is 0 Å². The summed E-state index contributed by atoms with van der Waals surface area (Å²) in [6, 6.07) is 0. The molecule has 0 aromatic rings. The van der Waals surface area contributed by atoms with Gasteiger partial charge < -0.3 is 15.5 Å². The van der Waals surface area contributed by atoms with E-state index in [1.165, 1.54) is 0 Å². The van der Waals surface area contributed by atoms with Crippen LogP contribution >= 0.6 is 0 Å². The number of aliphatic hydroxyl groups excluding tert-OH is 2. The quantitative estimate of drug-likeness (QED) is 0.429. The Morgan fingerprint density at radius 2 is 2.09 bits per heavy atom. The third kappa shape index (κ3) is 0.898. The molecule has 0 aromatic heterocycles. The Kier molecular flexibility index (Phi) is 1.46. The number of rotatable bonds is 0. The van der Waals surface area contributed by atoms with E-state index in [2.05, 4.69) is 5.32 Å². The van der Waals surface area contributed by atoms with Gasteiger partial charge in [0.2, 0.25) is 0 Å². The molecule has 2 aliphatic rings. The van der Waals surface area contributed by atoms with Crippen molar-refractivity contribution in [3.05, 3.63) is 0 Å². The van der Waals surface area contributed by atoms with E-state index in [1.54, 1.807) is 0 Å². The summed E-state index contributed by atoms with van der Waals surface area (Å²) in [5, 5.41) is 21.5. The third-order valence-electron chi connectivity index (χ3n) is 2.78. The van der Waals surface area contributed by atoms with Crippen LogP contribution in [0.2, 0.25) is 0 Å². The van der Waals surface area contributed by atoms with Gasteiger partial charge in [0.15, 0.2) is 0 Å². The second kappa shape index (κ2) is 2.15. The van der Waals surface area contributed by atoms with Crippen molar-refractivity contribution in [2.75, 3.05) is 13.1 Å². The van der Waals surface area contributed by atoms with E-state index < -0.39 is 23.8 Å². The smallest absolute Gasteiger partial charge is 0.110 e. The Hall–Kier alpha value is -0.190. The average Bonchev–Trinajstić information content (AvgIpc) is 2.59. The van der Waals surface area contributed by atoms with Gasteiger partial charge in [0.25, 0.3) is 0 Å². The summed E-state index contributed by atoms with van der Waals surface area (Å²) in [4.78, 5) is 0. The number of piperidine rings is 1. The molecule has 3 N–H and O–H groups in total. The van der Waals surface area contributed by atoms with Gasteiger partial charge in [0, 0.05) is 18.5 Å². The van der Waals surface area contributed by atoms with Gasteiger partial charge in [0.1, 0.15) is 6.17 Å². The first-order valence-corrected chi connectivity index (χ1v) is 3.88. The molecule has 1 spiro atoms. The summed E-state index contributed by atoms with van der Waals surface area (Å²) in [6.45, 7) is 0.863. The molecule has 1 saturated heterocycles. The third-order valence-corrected chi connectivity index (χ3v) is 2.78. The summed E-state index contributed by atoms with van der Waals surface area (Å²) in [5.41, 5.74) is -0.655. The van der Waals surface area contributed by atoms with E-state index >= 15 is 0 Å². The Bertz CT molecular complexity index is 178. The van der Waals surface area contributed by atoms with Crippen molar-refractivity contribution < 1.29 is 14.6 Å². The molecule has 0 aromatic carbocycles. The molecule has 64 valence electrons. The normalized spacial score (nSPS) is 56.5. The summed E-state index contributed by atoms with van der Waals surface area (Å²) in [7, 11) is 0. The number of hydrogen-bond donors (Lipinski definition) is 3. The van der Waals surface area contributed by atoms with Crippen molar-refractivity contribution in [1.82, 2.24) is 5.32 Å². The lowest BCUT2D eigenvalue weighted by Gasteiger charge is -2.32. The Balaban J connectivity index is 2.10. The van der Waals surface area contributed by atoms with Gasteiger partial charge in [-0.15, -0.1) is 0 Å². The van der Waals surface area contributed by atoms with Crippen molar-refractivity contribution in [2.45, 2.75) is 24.8 Å². The molecule has 3 nitrogen and oxygen atoms in total. The average molecular weight is 161 g/mol. The highest BCUT2D eigenvalue weighted by Gasteiger charge is 2.62. The predicted molar refractivity (Wildman–Crippen MR) is 36.8 cm³/mol. The van der Waals surface area contributed by atoms with E-state index in [1.807, 2.05) is 0 Å². The van der Waals surface area contributed by atoms with E-state index in [0.29, 0.717) is 19.5 Å². The van der Waals surface area contributed by atoms with Crippen molar-refractivity contribution in [3.8, 4) is 0 Å². The van der Waals surface area contributed by atoms with Crippen LogP contribution < -0.4 is 5.32 Å². The zero-order valence-corrected chi connectivity index (χ0v) is 6.13. The van der Waals surface area contributed by atoms with Crippen LogP contribution in [-0.2, 0) is 0 Å². The molecule has 1 aliphatic carbocycles. The summed E-state index contributed by atoms with van der Waals surface area (Å²) >= 11 is 0. The van der Waals surface area contributed by atoms with Crippen molar-refractivity contribution in [1.29, 1.82) is 0 Å². The number of alkyl halides is 1. The maximum Gasteiger partial charge on any atom is 0.110 e. The monoisotopic (exact) mass is 161 g/mol. The van der Waals surface area contributed by atoms with Crippen molar-refractivity contribution in [3.63, 3.8) is 0 Å². The maximum absolute atomic E-state index is 12.8. The van der Waals surface area contributed by atoms with E-state index in [9.17, 15) is 14.6 Å². The molecule has 11 heavy (non-hydrogen) atoms. The highest BCUT2D eigenvalue weighted by Crippen LogP contribution is 2.52. The van der Waals surface area contributed by atoms with Crippen LogP contribution in [0.4, 0.5) is 4.39 Å². The number of β-amino-alcohol motifs (C(OH)–C–C–N with tert-alkyl or cyclic N) is 1. The zero-order valence-electron chi connectivity index (χ0n) is 6.13. The van der Waals surface area contributed by atoms with E-state index in [0.717, 1.165) is 0 Å². The summed E-state index contributed by atoms with van der Waals surface area (Å²) < 4.78 is 12.8. The van der Waals surface area contributed by atoms with Gasteiger partial charge in [-0.2, -0.15) is 0 Å². The molecule has 2 rings (SSSR count). The van der Waals surface area contributed by atoms with Gasteiger partial charge in [-0.05, 0) is 6.42 Å². The molecule has 2 unspecified atom stereocenters. The van der Waals surface area contributed by atoms with Gasteiger partial charge in [0.05, 0.1) is 12.2 Å². The first-order valence-electron chi connectivity index (χ1n) is 3.88. The Morgan fingerprint density at radius 1 is 1.45 bits per heavy atom. The van der Waals surface area contributed by atoms with Gasteiger partial charge in [-0.3, -0.25) is 0 Å². The molecule has 2 fully saturated rings. The maximum atomic E-state index is 12.8. The largest absolute Gasteiger partial charge is 0.390 e. The number of hydrogen-bond acceptors (Lipinski definition) is 3. The number of nitrogens with one attached hydrogen (secondary N) is 1. The topological polar surface area (TPSA) is 52.5 Å². The lowest BCUT2D eigenvalue weighted by molar-refractivity contribution is -0.0523. The fourth-order valence-electron chi connectivity index (χ4n) is 1.82. The molecule has 1 heterocycles. The molecule has 4 heteroatoms. The predicted octanol–water partition coefficient (Wildman–Crippen LogP) is -0.960. The number of halogens is 1. The van der Waals surface area contributed by atoms with Crippen molar-refractivity contribution in [2.24, 2.45) is 5.41 Å². The molecule has 0 amide bonds. The highest BCUT2D eigenvalue weighted by molar-refractivity contribution is 5.13. The fraction of sp³-hybridized carbons (Fsp3) is 1.00. The van der Waals surface area contributed by atoms with Gasteiger partial charge in [-0.1, -0.05) is 0 Å². The molecule has 0 bridgehead atoms. The van der Waals surface area contributed by atoms with Crippen LogP contribution in [-0.4, -0.2) is 41.7 Å². The lowest BCUT2D eigenvalue weighted by atomic mass is 9.91. The Morgan fingerprint density at radius 3 is 2.55 bits per heavy atom. The molecule has 1 aliphatic heterocycles. The van der Waals surface area contributed by atoms with Crippen LogP contribution in [0.5, 0.6) is 0 Å². The van der Waals surface area contributed by atoms with Crippen molar-refractivity contribution >= 4 is 0 Å². The Labute approximate surface area is 64.2 Å². The standard InChI is InChI=1S/C7H12FNO2/c8-5-1-7(5)3-9-2-4(10)6(7)11/h4-6,9-11H,1-3H2/t4-,5?,6+,7?/m1/s1. The minimum absolute atomic E-state index is 0.371. The van der Waals surface area contributed by atoms with E-state index in [4.69, 9.17) is 0 Å². The zero-order chi connectivity index (χ0) is 8.06. The van der Waals surface area contributed by atoms with Crippen LogP contribution in [0, 0.1) is 5.41 Å². The summed E-state index contributed by atoms with van der Waals surface area (Å²) in [6.07, 6.45) is -2.22. The molecule has 1 saturated carbocycles. The number of aliphatic hydroxyl groups is 2.